The summed E-state index contributed by atoms with van der Waals surface area (Å²) in [6, 6.07) is 9.05. The van der Waals surface area contributed by atoms with E-state index in [1.165, 1.54) is 42.5 Å². The summed E-state index contributed by atoms with van der Waals surface area (Å²) < 4.78 is 52.8. The number of aromatic nitrogens is 1. The molecule has 0 saturated heterocycles. The van der Waals surface area contributed by atoms with Crippen LogP contribution in [0.15, 0.2) is 51.9 Å². The van der Waals surface area contributed by atoms with Crippen molar-refractivity contribution in [1.82, 2.24) is 14.4 Å². The van der Waals surface area contributed by atoms with Gasteiger partial charge >= 0.3 is 6.03 Å². The topological polar surface area (TPSA) is 154 Å². The molecule has 3 atom stereocenters. The van der Waals surface area contributed by atoms with Gasteiger partial charge in [-0.15, -0.1) is 0 Å². The van der Waals surface area contributed by atoms with Crippen LogP contribution in [0.2, 0.25) is 0 Å². The molecule has 2 heterocycles. The van der Waals surface area contributed by atoms with Crippen LogP contribution in [-0.4, -0.2) is 78.7 Å². The van der Waals surface area contributed by atoms with Crippen molar-refractivity contribution >= 4 is 33.3 Å². The van der Waals surface area contributed by atoms with Gasteiger partial charge in [0.1, 0.15) is 28.3 Å². The van der Waals surface area contributed by atoms with Crippen molar-refractivity contribution in [2.75, 3.05) is 37.4 Å². The van der Waals surface area contributed by atoms with Gasteiger partial charge < -0.3 is 29.9 Å². The molecule has 3 N–H and O–H groups in total. The van der Waals surface area contributed by atoms with Gasteiger partial charge in [-0.25, -0.2) is 17.6 Å². The monoisotopic (exact) mass is 617 g/mol. The molecule has 0 fully saturated rings. The molecular formula is C29H36FN5O7S. The number of rotatable bonds is 8. The van der Waals surface area contributed by atoms with Crippen LogP contribution >= 0.6 is 0 Å². The van der Waals surface area contributed by atoms with Gasteiger partial charge in [0.15, 0.2) is 5.76 Å². The fraction of sp³-hybridized carbons (Fsp3) is 0.414. The first kappa shape index (κ1) is 31.9. The number of carbonyl (C=O) groups is 2. The number of aryl methyl sites for hydroxylation is 2. The van der Waals surface area contributed by atoms with E-state index in [1.54, 1.807) is 36.9 Å². The number of nitrogens with one attached hydrogen (secondary N) is 2. The zero-order valence-corrected chi connectivity index (χ0v) is 25.4. The Labute approximate surface area is 249 Å². The average Bonchev–Trinajstić information content (AvgIpc) is 3.32. The highest BCUT2D eigenvalue weighted by molar-refractivity contribution is 7.89. The van der Waals surface area contributed by atoms with Crippen molar-refractivity contribution in [2.45, 2.75) is 51.2 Å². The van der Waals surface area contributed by atoms with Crippen LogP contribution in [0.3, 0.4) is 0 Å². The SMILES string of the molecule is Cc1noc(C)c1S(=O)(=O)N(C)C[C@H]1Oc2ccc(NC(=O)Nc3ccc(F)cc3)cc2CC(=O)N([C@H](C)CO)C[C@H]1C. The number of nitrogens with zero attached hydrogens (tertiary/aromatic N) is 3. The van der Waals surface area contributed by atoms with Gasteiger partial charge in [-0.05, 0) is 63.2 Å². The van der Waals surface area contributed by atoms with Gasteiger partial charge in [0, 0.05) is 36.4 Å². The van der Waals surface area contributed by atoms with E-state index in [0.717, 1.165) is 0 Å². The molecule has 43 heavy (non-hydrogen) atoms. The smallest absolute Gasteiger partial charge is 0.323 e. The molecule has 4 rings (SSSR count). The number of aliphatic hydroxyl groups is 1. The third-order valence-corrected chi connectivity index (χ3v) is 9.42. The molecule has 0 radical (unpaired) electrons. The maximum Gasteiger partial charge on any atom is 0.323 e. The van der Waals surface area contributed by atoms with Gasteiger partial charge in [0.2, 0.25) is 15.9 Å². The Kier molecular flexibility index (Phi) is 9.72. The van der Waals surface area contributed by atoms with Crippen molar-refractivity contribution in [3.05, 3.63) is 65.3 Å². The van der Waals surface area contributed by atoms with Crippen LogP contribution in [0.1, 0.15) is 30.9 Å². The third-order valence-electron chi connectivity index (χ3n) is 7.35. The van der Waals surface area contributed by atoms with E-state index in [-0.39, 0.29) is 54.3 Å². The van der Waals surface area contributed by atoms with Crippen molar-refractivity contribution in [3.63, 3.8) is 0 Å². The number of urea groups is 1. The minimum atomic E-state index is -3.98. The number of sulfonamides is 1. The summed E-state index contributed by atoms with van der Waals surface area (Å²) in [4.78, 5) is 27.6. The molecule has 1 aliphatic rings. The molecule has 0 aliphatic carbocycles. The van der Waals surface area contributed by atoms with Crippen molar-refractivity contribution < 1.29 is 36.8 Å². The maximum atomic E-state index is 13.5. The molecule has 14 heteroatoms. The molecule has 3 aromatic rings. The molecular weight excluding hydrogens is 581 g/mol. The molecule has 3 amide bonds. The van der Waals surface area contributed by atoms with Crippen molar-refractivity contribution in [2.24, 2.45) is 5.92 Å². The summed E-state index contributed by atoms with van der Waals surface area (Å²) in [6.45, 7) is 6.56. The summed E-state index contributed by atoms with van der Waals surface area (Å²) in [5.74, 6) is -0.501. The number of hydrogen-bond donors (Lipinski definition) is 3. The second-order valence-electron chi connectivity index (χ2n) is 10.7. The van der Waals surface area contributed by atoms with Crippen molar-refractivity contribution in [3.8, 4) is 5.75 Å². The number of anilines is 2. The first-order chi connectivity index (χ1) is 20.3. The van der Waals surface area contributed by atoms with Gasteiger partial charge in [0.05, 0.1) is 25.6 Å². The van der Waals surface area contributed by atoms with Crippen LogP contribution in [0.25, 0.3) is 0 Å². The highest BCUT2D eigenvalue weighted by atomic mass is 32.2. The van der Waals surface area contributed by atoms with E-state index in [2.05, 4.69) is 15.8 Å². The highest BCUT2D eigenvalue weighted by Crippen LogP contribution is 2.30. The fourth-order valence-corrected chi connectivity index (χ4v) is 6.37. The zero-order valence-electron chi connectivity index (χ0n) is 24.6. The highest BCUT2D eigenvalue weighted by Gasteiger charge is 2.35. The number of halogens is 1. The molecule has 232 valence electrons. The first-order valence-corrected chi connectivity index (χ1v) is 15.2. The van der Waals surface area contributed by atoms with Crippen LogP contribution in [0, 0.1) is 25.6 Å². The lowest BCUT2D eigenvalue weighted by Crippen LogP contribution is -2.48. The predicted molar refractivity (Wildman–Crippen MR) is 157 cm³/mol. The molecule has 12 nitrogen and oxygen atoms in total. The lowest BCUT2D eigenvalue weighted by atomic mass is 10.0. The number of amides is 3. The number of fused-ring (bicyclic) bond motifs is 1. The van der Waals surface area contributed by atoms with E-state index in [1.807, 2.05) is 6.92 Å². The quantitative estimate of drug-likeness (QED) is 0.347. The average molecular weight is 618 g/mol. The largest absolute Gasteiger partial charge is 0.488 e. The Morgan fingerprint density at radius 2 is 1.84 bits per heavy atom. The Balaban J connectivity index is 1.62. The van der Waals surface area contributed by atoms with E-state index < -0.39 is 34.0 Å². The van der Waals surface area contributed by atoms with Gasteiger partial charge in [-0.2, -0.15) is 4.31 Å². The van der Waals surface area contributed by atoms with Crippen molar-refractivity contribution in [1.29, 1.82) is 0 Å². The first-order valence-electron chi connectivity index (χ1n) is 13.7. The minimum Gasteiger partial charge on any atom is -0.488 e. The standard InChI is InChI=1S/C29H36FN5O7S/c1-17-14-35(18(2)16-36)27(37)13-21-12-24(32-29(38)31-23-8-6-22(30)7-9-23)10-11-25(21)41-26(17)15-34(5)43(39,40)28-19(3)33-42-20(28)4/h6-12,17-18,26,36H,13-16H2,1-5H3,(H2,31,32,38)/t17-,18-,26-/m1/s1. The Hall–Kier alpha value is -4.01. The van der Waals surface area contributed by atoms with Gasteiger partial charge in [0.25, 0.3) is 0 Å². The van der Waals surface area contributed by atoms with E-state index in [9.17, 15) is 27.5 Å². The number of carbonyl (C=O) groups excluding carboxylic acids is 2. The Bertz CT molecular complexity index is 1560. The van der Waals surface area contributed by atoms with Crippen LogP contribution in [-0.2, 0) is 21.2 Å². The lowest BCUT2D eigenvalue weighted by molar-refractivity contribution is -0.134. The van der Waals surface area contributed by atoms with Gasteiger partial charge in [-0.3, -0.25) is 4.79 Å². The Morgan fingerprint density at radius 1 is 1.19 bits per heavy atom. The summed E-state index contributed by atoms with van der Waals surface area (Å²) in [5.41, 5.74) is 1.48. The summed E-state index contributed by atoms with van der Waals surface area (Å²) in [7, 11) is -2.54. The number of ether oxygens (including phenoxy) is 1. The molecule has 0 bridgehead atoms. The molecule has 0 spiro atoms. The molecule has 1 aromatic heterocycles. The van der Waals surface area contributed by atoms with E-state index >= 15 is 0 Å². The number of aliphatic hydroxyl groups excluding tert-OH is 1. The second kappa shape index (κ2) is 13.1. The van der Waals surface area contributed by atoms with E-state index in [4.69, 9.17) is 9.26 Å². The lowest BCUT2D eigenvalue weighted by Gasteiger charge is -2.33. The fourth-order valence-electron chi connectivity index (χ4n) is 4.90. The normalized spacial score (nSPS) is 18.2. The zero-order chi connectivity index (χ0) is 31.5. The Morgan fingerprint density at radius 3 is 2.47 bits per heavy atom. The van der Waals surface area contributed by atoms with Crippen LogP contribution < -0.4 is 15.4 Å². The summed E-state index contributed by atoms with van der Waals surface area (Å²) in [5, 5.41) is 19.0. The molecule has 2 aromatic carbocycles. The number of likely N-dealkylation sites (N-methyl/N-ethyl adjacent to an activating group) is 1. The third kappa shape index (κ3) is 7.32. The van der Waals surface area contributed by atoms with Gasteiger partial charge in [-0.1, -0.05) is 12.1 Å². The number of hydrogen-bond acceptors (Lipinski definition) is 8. The molecule has 0 unspecified atom stereocenters. The van der Waals surface area contributed by atoms with Crippen LogP contribution in [0.5, 0.6) is 5.75 Å². The summed E-state index contributed by atoms with van der Waals surface area (Å²) in [6.07, 6.45) is -0.777. The van der Waals surface area contributed by atoms with Crippen LogP contribution in [0.4, 0.5) is 20.6 Å². The molecule has 1 aliphatic heterocycles. The maximum absolute atomic E-state index is 13.5. The second-order valence-corrected chi connectivity index (χ2v) is 12.7. The molecule has 0 saturated carbocycles. The summed E-state index contributed by atoms with van der Waals surface area (Å²) >= 11 is 0. The van der Waals surface area contributed by atoms with E-state index in [0.29, 0.717) is 22.7 Å². The number of benzene rings is 2. The minimum absolute atomic E-state index is 0.00791. The predicted octanol–water partition coefficient (Wildman–Crippen LogP) is 3.54.